The number of halogens is 1. The fourth-order valence-corrected chi connectivity index (χ4v) is 4.07. The van der Waals surface area contributed by atoms with Gasteiger partial charge in [-0.05, 0) is 42.0 Å². The van der Waals surface area contributed by atoms with Crippen LogP contribution in [0.1, 0.15) is 15.9 Å². The minimum Gasteiger partial charge on any atom is -0.478 e. The molecule has 2 aromatic heterocycles. The topological polar surface area (TPSA) is 115 Å². The molecule has 3 heterocycles. The van der Waals surface area contributed by atoms with Crippen molar-refractivity contribution >= 4 is 50.4 Å². The zero-order valence-electron chi connectivity index (χ0n) is 17.6. The summed E-state index contributed by atoms with van der Waals surface area (Å²) in [6.45, 7) is 0.268. The predicted octanol–water partition coefficient (Wildman–Crippen LogP) is 2.45. The number of imidazole rings is 1. The fraction of sp³-hybridized carbons (Fsp3) is 0.136. The number of carboxylic acids is 1. The quantitative estimate of drug-likeness (QED) is 0.454. The second kappa shape index (κ2) is 7.55. The van der Waals surface area contributed by atoms with Crippen molar-refractivity contribution in [3.05, 3.63) is 85.0 Å². The van der Waals surface area contributed by atoms with Crippen LogP contribution in [-0.4, -0.2) is 35.5 Å². The van der Waals surface area contributed by atoms with E-state index in [1.54, 1.807) is 28.8 Å². The largest absolute Gasteiger partial charge is 0.478 e. The first-order chi connectivity index (χ1) is 15.8. The molecule has 33 heavy (non-hydrogen) atoms. The van der Waals surface area contributed by atoms with Gasteiger partial charge in [0.15, 0.2) is 11.2 Å². The van der Waals surface area contributed by atoms with Crippen LogP contribution >= 0.6 is 15.9 Å². The maximum atomic E-state index is 13.0. The summed E-state index contributed by atoms with van der Waals surface area (Å²) in [5.74, 6) is -0.683. The number of aryl methyl sites for hydroxylation is 1. The second-order valence-electron chi connectivity index (χ2n) is 7.59. The van der Waals surface area contributed by atoms with Crippen molar-refractivity contribution in [1.29, 1.82) is 0 Å². The van der Waals surface area contributed by atoms with Gasteiger partial charge in [0.25, 0.3) is 5.56 Å². The third kappa shape index (κ3) is 3.28. The van der Waals surface area contributed by atoms with Crippen LogP contribution < -0.4 is 16.3 Å². The van der Waals surface area contributed by atoms with E-state index in [4.69, 9.17) is 5.10 Å². The zero-order valence-corrected chi connectivity index (χ0v) is 19.1. The molecule has 0 spiro atoms. The number of hydrogen-bond donors (Lipinski definition) is 1. The van der Waals surface area contributed by atoms with Crippen LogP contribution in [0.15, 0.2) is 67.7 Å². The molecule has 0 aliphatic carbocycles. The highest BCUT2D eigenvalue weighted by atomic mass is 79.9. The number of rotatable bonds is 3. The number of carboxylic acid groups (broad SMARTS) is 1. The molecule has 0 saturated carbocycles. The van der Waals surface area contributed by atoms with Gasteiger partial charge in [0.1, 0.15) is 0 Å². The standard InChI is InChI=1S/C22H17BrN6O4/c1-26-18-17(19(30)27(2)22(26)33)28-11-16(12-3-7-14(23)8-4-12)25-29(21(28)24-18)15-9-5-13(6-10-15)20(31)32/h3-10H,11H2,1-2H3,(H,31,32). The molecular weight excluding hydrogens is 492 g/mol. The highest BCUT2D eigenvalue weighted by molar-refractivity contribution is 9.10. The molecule has 166 valence electrons. The summed E-state index contributed by atoms with van der Waals surface area (Å²) in [5.41, 5.74) is 1.82. The Morgan fingerprint density at radius 1 is 1.00 bits per heavy atom. The summed E-state index contributed by atoms with van der Waals surface area (Å²) in [5, 5.41) is 15.6. The van der Waals surface area contributed by atoms with Crippen molar-refractivity contribution in [3.63, 3.8) is 0 Å². The van der Waals surface area contributed by atoms with Gasteiger partial charge in [-0.3, -0.25) is 18.5 Å². The minimum atomic E-state index is -1.04. The number of hydrazone groups is 1. The number of fused-ring (bicyclic) bond motifs is 3. The molecule has 0 radical (unpaired) electrons. The summed E-state index contributed by atoms with van der Waals surface area (Å²) >= 11 is 3.43. The van der Waals surface area contributed by atoms with Gasteiger partial charge in [0.05, 0.1) is 23.5 Å². The normalized spacial score (nSPS) is 13.2. The minimum absolute atomic E-state index is 0.137. The van der Waals surface area contributed by atoms with Crippen LogP contribution in [0.2, 0.25) is 0 Å². The lowest BCUT2D eigenvalue weighted by atomic mass is 10.1. The first kappa shape index (κ1) is 20.9. The number of anilines is 2. The van der Waals surface area contributed by atoms with Gasteiger partial charge in [-0.15, -0.1) is 0 Å². The van der Waals surface area contributed by atoms with E-state index in [-0.39, 0.29) is 23.3 Å². The van der Waals surface area contributed by atoms with Gasteiger partial charge < -0.3 is 5.11 Å². The van der Waals surface area contributed by atoms with Gasteiger partial charge in [-0.2, -0.15) is 15.1 Å². The number of hydrogen-bond acceptors (Lipinski definition) is 6. The molecule has 0 amide bonds. The lowest BCUT2D eigenvalue weighted by Gasteiger charge is -2.26. The fourth-order valence-electron chi connectivity index (χ4n) is 3.80. The maximum absolute atomic E-state index is 13.0. The second-order valence-corrected chi connectivity index (χ2v) is 8.51. The third-order valence-corrected chi connectivity index (χ3v) is 6.11. The summed E-state index contributed by atoms with van der Waals surface area (Å²) in [4.78, 5) is 41.4. The first-order valence-electron chi connectivity index (χ1n) is 9.89. The van der Waals surface area contributed by atoms with Crippen LogP contribution in [0.5, 0.6) is 0 Å². The van der Waals surface area contributed by atoms with Crippen LogP contribution in [0.3, 0.4) is 0 Å². The molecule has 0 bridgehead atoms. The molecule has 2 aromatic carbocycles. The molecule has 1 aliphatic rings. The van der Waals surface area contributed by atoms with E-state index in [1.807, 2.05) is 24.3 Å². The average molecular weight is 509 g/mol. The van der Waals surface area contributed by atoms with Crippen molar-refractivity contribution in [3.8, 4) is 0 Å². The van der Waals surface area contributed by atoms with Crippen molar-refractivity contribution in [2.45, 2.75) is 6.54 Å². The summed E-state index contributed by atoms with van der Waals surface area (Å²) in [6, 6.07) is 13.8. The van der Waals surface area contributed by atoms with E-state index < -0.39 is 17.2 Å². The van der Waals surface area contributed by atoms with E-state index in [0.717, 1.165) is 14.6 Å². The summed E-state index contributed by atoms with van der Waals surface area (Å²) in [6.07, 6.45) is 0. The molecule has 0 unspecified atom stereocenters. The summed E-state index contributed by atoms with van der Waals surface area (Å²) in [7, 11) is 2.99. The number of aromatic nitrogens is 4. The predicted molar refractivity (Wildman–Crippen MR) is 126 cm³/mol. The van der Waals surface area contributed by atoms with Gasteiger partial charge in [-0.25, -0.2) is 9.59 Å². The third-order valence-electron chi connectivity index (χ3n) is 5.58. The Labute approximate surface area is 194 Å². The van der Waals surface area contributed by atoms with Gasteiger partial charge >= 0.3 is 11.7 Å². The van der Waals surface area contributed by atoms with E-state index in [1.165, 1.54) is 23.7 Å². The number of benzene rings is 2. The van der Waals surface area contributed by atoms with Crippen LogP contribution in [0.25, 0.3) is 11.2 Å². The molecule has 5 rings (SSSR count). The van der Waals surface area contributed by atoms with Crippen molar-refractivity contribution < 1.29 is 9.90 Å². The van der Waals surface area contributed by atoms with Gasteiger partial charge in [0, 0.05) is 18.6 Å². The van der Waals surface area contributed by atoms with Crippen molar-refractivity contribution in [1.82, 2.24) is 18.7 Å². The van der Waals surface area contributed by atoms with Crippen LogP contribution in [-0.2, 0) is 20.6 Å². The van der Waals surface area contributed by atoms with E-state index in [9.17, 15) is 19.5 Å². The molecule has 11 heteroatoms. The lowest BCUT2D eigenvalue weighted by Crippen LogP contribution is -2.38. The van der Waals surface area contributed by atoms with Crippen LogP contribution in [0, 0.1) is 0 Å². The van der Waals surface area contributed by atoms with Crippen molar-refractivity contribution in [2.24, 2.45) is 19.2 Å². The first-order valence-corrected chi connectivity index (χ1v) is 10.7. The monoisotopic (exact) mass is 508 g/mol. The molecule has 0 fully saturated rings. The SMILES string of the molecule is Cn1c(=O)c2c(nc3n2CC(c2ccc(Br)cc2)=NN3c2ccc(C(=O)O)cc2)n(C)c1=O. The Kier molecular flexibility index (Phi) is 4.78. The molecule has 1 N–H and O–H groups in total. The molecular formula is C22H17BrN6O4. The van der Waals surface area contributed by atoms with Crippen LogP contribution in [0.4, 0.5) is 11.6 Å². The van der Waals surface area contributed by atoms with Gasteiger partial charge in [-0.1, -0.05) is 28.1 Å². The molecule has 0 saturated heterocycles. The number of aromatic carboxylic acids is 1. The molecule has 4 aromatic rings. The smallest absolute Gasteiger partial charge is 0.335 e. The average Bonchev–Trinajstić information content (AvgIpc) is 3.21. The zero-order chi connectivity index (χ0) is 23.4. The molecule has 1 aliphatic heterocycles. The summed E-state index contributed by atoms with van der Waals surface area (Å²) < 4.78 is 5.02. The Morgan fingerprint density at radius 3 is 2.30 bits per heavy atom. The van der Waals surface area contributed by atoms with E-state index >= 15 is 0 Å². The Bertz CT molecular complexity index is 1580. The van der Waals surface area contributed by atoms with E-state index in [0.29, 0.717) is 17.3 Å². The van der Waals surface area contributed by atoms with Gasteiger partial charge in [0.2, 0.25) is 5.95 Å². The van der Waals surface area contributed by atoms with E-state index in [2.05, 4.69) is 20.9 Å². The Balaban J connectivity index is 1.78. The Morgan fingerprint density at radius 2 is 1.67 bits per heavy atom. The number of carbonyl (C=O) groups is 1. The highest BCUT2D eigenvalue weighted by Gasteiger charge is 2.28. The van der Waals surface area contributed by atoms with Crippen molar-refractivity contribution in [2.75, 3.05) is 5.01 Å². The molecule has 0 atom stereocenters. The Hall–Kier alpha value is -3.99. The number of nitrogens with zero attached hydrogens (tertiary/aromatic N) is 6. The molecule has 10 nitrogen and oxygen atoms in total. The highest BCUT2D eigenvalue weighted by Crippen LogP contribution is 2.32. The lowest BCUT2D eigenvalue weighted by molar-refractivity contribution is 0.0697. The maximum Gasteiger partial charge on any atom is 0.335 e.